The fourth-order valence-corrected chi connectivity index (χ4v) is 5.58. The molecule has 7 heteroatoms. The molecule has 0 unspecified atom stereocenters. The van der Waals surface area contributed by atoms with Gasteiger partial charge >= 0.3 is 5.97 Å². The Morgan fingerprint density at radius 3 is 2.13 bits per heavy atom. The van der Waals surface area contributed by atoms with Crippen molar-refractivity contribution < 1.29 is 28.7 Å². The number of hydrogen-bond acceptors (Lipinski definition) is 6. The normalized spacial score (nSPS) is 33.7. The SMILES string of the molecule is COc1ccc(C(=O)COC(=O)[C@H](C)N2C(=O)[C@@H]3[C@H]4C=C[C@@H]([C@@H]5C[C@H]45)[C@H]3C2=O)cc1. The highest BCUT2D eigenvalue weighted by molar-refractivity contribution is 6.09. The molecule has 0 radical (unpaired) electrons. The first kappa shape index (κ1) is 19.0. The zero-order valence-electron chi connectivity index (χ0n) is 16.8. The van der Waals surface area contributed by atoms with E-state index >= 15 is 0 Å². The molecule has 2 amide bonds. The van der Waals surface area contributed by atoms with Crippen LogP contribution >= 0.6 is 0 Å². The number of methoxy groups -OCH3 is 1. The number of carbonyl (C=O) groups excluding carboxylic acids is 4. The second kappa shape index (κ2) is 6.79. The summed E-state index contributed by atoms with van der Waals surface area (Å²) in [5.41, 5.74) is 0.387. The Hall–Kier alpha value is -2.96. The van der Waals surface area contributed by atoms with Crippen LogP contribution in [0.2, 0.25) is 0 Å². The van der Waals surface area contributed by atoms with Crippen molar-refractivity contribution in [2.75, 3.05) is 13.7 Å². The second-order valence-electron chi connectivity index (χ2n) is 8.64. The fourth-order valence-electron chi connectivity index (χ4n) is 5.58. The van der Waals surface area contributed by atoms with Crippen LogP contribution in [0.1, 0.15) is 23.7 Å². The van der Waals surface area contributed by atoms with Crippen molar-refractivity contribution in [1.82, 2.24) is 4.90 Å². The highest BCUT2D eigenvalue weighted by atomic mass is 16.5. The first-order valence-electron chi connectivity index (χ1n) is 10.3. The molecular weight excluding hydrogens is 386 g/mol. The topological polar surface area (TPSA) is 90.0 Å². The van der Waals surface area contributed by atoms with Gasteiger partial charge in [-0.2, -0.15) is 0 Å². The van der Waals surface area contributed by atoms with Crippen LogP contribution in [0.3, 0.4) is 0 Å². The number of benzene rings is 1. The van der Waals surface area contributed by atoms with Crippen LogP contribution < -0.4 is 4.74 Å². The molecule has 0 N–H and O–H groups in total. The average Bonchev–Trinajstić information content (AvgIpc) is 3.55. The first-order chi connectivity index (χ1) is 14.4. The lowest BCUT2D eigenvalue weighted by Crippen LogP contribution is -2.45. The van der Waals surface area contributed by atoms with Crippen molar-refractivity contribution >= 4 is 23.6 Å². The van der Waals surface area contributed by atoms with E-state index in [0.717, 1.165) is 11.3 Å². The van der Waals surface area contributed by atoms with Crippen molar-refractivity contribution in [3.8, 4) is 5.75 Å². The molecule has 30 heavy (non-hydrogen) atoms. The molecule has 0 spiro atoms. The zero-order chi connectivity index (χ0) is 21.2. The van der Waals surface area contributed by atoms with Crippen LogP contribution in [0.25, 0.3) is 0 Å². The fraction of sp³-hybridized carbons (Fsp3) is 0.478. The van der Waals surface area contributed by atoms with E-state index in [4.69, 9.17) is 9.47 Å². The van der Waals surface area contributed by atoms with Crippen molar-refractivity contribution in [3.05, 3.63) is 42.0 Å². The number of ether oxygens (including phenoxy) is 2. The third kappa shape index (κ3) is 2.71. The standard InChI is InChI=1S/C23H23NO6/c1-11(23(28)30-10-18(25)12-3-5-13(29-2)6-4-12)24-21(26)19-14-7-8-15(17-9-16(14)17)20(19)22(24)27/h3-8,11,14-17,19-20H,9-10H2,1-2H3/t11-,14-,15-,16-,17+,19+,20+/m0/s1. The molecule has 3 fully saturated rings. The minimum Gasteiger partial charge on any atom is -0.497 e. The van der Waals surface area contributed by atoms with E-state index in [0.29, 0.717) is 23.1 Å². The summed E-state index contributed by atoms with van der Waals surface area (Å²) >= 11 is 0. The summed E-state index contributed by atoms with van der Waals surface area (Å²) in [5.74, 6) is -0.551. The van der Waals surface area contributed by atoms with Crippen molar-refractivity contribution in [2.24, 2.45) is 35.5 Å². The molecular formula is C23H23NO6. The lowest BCUT2D eigenvalue weighted by molar-refractivity contribution is -0.157. The Bertz CT molecular complexity index is 930. The molecule has 1 saturated heterocycles. The quantitative estimate of drug-likeness (QED) is 0.308. The molecule has 2 saturated carbocycles. The molecule has 156 valence electrons. The van der Waals surface area contributed by atoms with Crippen LogP contribution in [-0.2, 0) is 19.1 Å². The van der Waals surface area contributed by atoms with E-state index in [1.54, 1.807) is 24.3 Å². The minimum absolute atomic E-state index is 0.103. The third-order valence-corrected chi connectivity index (χ3v) is 7.18. The Balaban J connectivity index is 1.24. The van der Waals surface area contributed by atoms with Gasteiger partial charge in [0.1, 0.15) is 11.8 Å². The van der Waals surface area contributed by atoms with E-state index in [2.05, 4.69) is 12.2 Å². The highest BCUT2D eigenvalue weighted by Gasteiger charge is 2.67. The van der Waals surface area contributed by atoms with Gasteiger partial charge in [-0.1, -0.05) is 12.2 Å². The average molecular weight is 409 g/mol. The summed E-state index contributed by atoms with van der Waals surface area (Å²) in [5, 5.41) is 0. The summed E-state index contributed by atoms with van der Waals surface area (Å²) in [7, 11) is 1.53. The van der Waals surface area contributed by atoms with E-state index in [1.807, 2.05) is 0 Å². The van der Waals surface area contributed by atoms with E-state index < -0.39 is 18.6 Å². The molecule has 1 aromatic rings. The smallest absolute Gasteiger partial charge is 0.329 e. The number of likely N-dealkylation sites (tertiary alicyclic amines) is 1. The summed E-state index contributed by atoms with van der Waals surface area (Å²) < 4.78 is 10.2. The number of allylic oxidation sites excluding steroid dienone is 2. The maximum absolute atomic E-state index is 13.1. The number of rotatable bonds is 6. The lowest BCUT2D eigenvalue weighted by Gasteiger charge is -2.37. The molecule has 6 rings (SSSR count). The van der Waals surface area contributed by atoms with Gasteiger partial charge in [0.2, 0.25) is 11.8 Å². The van der Waals surface area contributed by atoms with Gasteiger partial charge in [0.05, 0.1) is 18.9 Å². The van der Waals surface area contributed by atoms with Crippen molar-refractivity contribution in [2.45, 2.75) is 19.4 Å². The van der Waals surface area contributed by atoms with Gasteiger partial charge in [-0.05, 0) is 61.3 Å². The van der Waals surface area contributed by atoms with Crippen molar-refractivity contribution in [1.29, 1.82) is 0 Å². The van der Waals surface area contributed by atoms with Crippen LogP contribution in [-0.4, -0.2) is 48.2 Å². The Kier molecular flexibility index (Phi) is 4.31. The van der Waals surface area contributed by atoms with E-state index in [1.165, 1.54) is 14.0 Å². The minimum atomic E-state index is -1.05. The predicted molar refractivity (Wildman–Crippen MR) is 104 cm³/mol. The number of amides is 2. The van der Waals surface area contributed by atoms with E-state index in [9.17, 15) is 19.2 Å². The molecule has 5 aliphatic rings. The first-order valence-corrected chi connectivity index (χ1v) is 10.3. The van der Waals surface area contributed by atoms with Gasteiger partial charge in [-0.3, -0.25) is 19.3 Å². The molecule has 4 aliphatic carbocycles. The number of hydrogen-bond donors (Lipinski definition) is 0. The summed E-state index contributed by atoms with van der Waals surface area (Å²) in [6, 6.07) is 5.42. The number of nitrogens with zero attached hydrogens (tertiary/aromatic N) is 1. The maximum Gasteiger partial charge on any atom is 0.329 e. The van der Waals surface area contributed by atoms with Gasteiger partial charge in [0.15, 0.2) is 12.4 Å². The molecule has 7 nitrogen and oxygen atoms in total. The largest absolute Gasteiger partial charge is 0.497 e. The highest BCUT2D eigenvalue weighted by Crippen LogP contribution is 2.65. The predicted octanol–water partition coefficient (Wildman–Crippen LogP) is 1.86. The molecule has 2 bridgehead atoms. The van der Waals surface area contributed by atoms with Gasteiger partial charge in [-0.25, -0.2) is 4.79 Å². The number of carbonyl (C=O) groups is 4. The number of ketones is 1. The van der Waals surface area contributed by atoms with E-state index in [-0.39, 0.29) is 41.3 Å². The van der Waals surface area contributed by atoms with Gasteiger partial charge in [0, 0.05) is 5.56 Å². The molecule has 7 atom stereocenters. The third-order valence-electron chi connectivity index (χ3n) is 7.18. The van der Waals surface area contributed by atoms with Crippen LogP contribution in [0.5, 0.6) is 5.75 Å². The Morgan fingerprint density at radius 2 is 1.60 bits per heavy atom. The van der Waals surface area contributed by atoms with Gasteiger partial charge < -0.3 is 9.47 Å². The number of Topliss-reactive ketones (excluding diaryl/α,β-unsaturated/α-hetero) is 1. The molecule has 1 heterocycles. The summed E-state index contributed by atoms with van der Waals surface area (Å²) in [6.07, 6.45) is 5.26. The molecule has 0 aromatic heterocycles. The van der Waals surface area contributed by atoms with Crippen molar-refractivity contribution in [3.63, 3.8) is 0 Å². The van der Waals surface area contributed by atoms with Crippen LogP contribution in [0.15, 0.2) is 36.4 Å². The number of esters is 1. The molecule has 1 aromatic carbocycles. The Morgan fingerprint density at radius 1 is 1.03 bits per heavy atom. The summed E-state index contributed by atoms with van der Waals surface area (Å²) in [6.45, 7) is 1.04. The van der Waals surface area contributed by atoms with Gasteiger partial charge in [0.25, 0.3) is 0 Å². The number of imide groups is 1. The monoisotopic (exact) mass is 409 g/mol. The zero-order valence-corrected chi connectivity index (χ0v) is 16.8. The maximum atomic E-state index is 13.1. The second-order valence-corrected chi connectivity index (χ2v) is 8.64. The lowest BCUT2D eigenvalue weighted by atomic mass is 9.63. The van der Waals surface area contributed by atoms with Crippen LogP contribution in [0, 0.1) is 35.5 Å². The molecule has 1 aliphatic heterocycles. The van der Waals surface area contributed by atoms with Gasteiger partial charge in [-0.15, -0.1) is 0 Å². The van der Waals surface area contributed by atoms with Crippen LogP contribution in [0.4, 0.5) is 0 Å². The Labute approximate surface area is 174 Å². The summed E-state index contributed by atoms with van der Waals surface area (Å²) in [4.78, 5) is 52.0.